The third kappa shape index (κ3) is 10.9. The van der Waals surface area contributed by atoms with Crippen LogP contribution in [0.15, 0.2) is 60.7 Å². The molecule has 328 valence electrons. The molecule has 8 bridgehead atoms. The van der Waals surface area contributed by atoms with Gasteiger partial charge in [0.05, 0.1) is 90.5 Å². The molecule has 0 aromatic heterocycles. The van der Waals surface area contributed by atoms with Crippen molar-refractivity contribution in [1.82, 2.24) is 0 Å². The van der Waals surface area contributed by atoms with E-state index in [-0.39, 0.29) is 72.9 Å². The third-order valence-corrected chi connectivity index (χ3v) is 12.5. The molecule has 8 fully saturated rings. The van der Waals surface area contributed by atoms with Gasteiger partial charge in [-0.2, -0.15) is 0 Å². The SMILES string of the molecule is COCCOCCOC1C2OC3O[C@@H]1C(OCCOCCOC)[C@@H](O3)[C@@H]2CCCCCCC[C@@H]1C2OC3O[C@@H](C2OCc2ccccc2)C(OCc2ccccc2)[C@H]1O3. The van der Waals surface area contributed by atoms with Crippen molar-refractivity contribution in [3.05, 3.63) is 71.8 Å². The van der Waals surface area contributed by atoms with Gasteiger partial charge in [0, 0.05) is 26.1 Å². The van der Waals surface area contributed by atoms with E-state index in [0.29, 0.717) is 66.1 Å². The first-order valence-electron chi connectivity index (χ1n) is 21.8. The molecule has 14 nitrogen and oxygen atoms in total. The summed E-state index contributed by atoms with van der Waals surface area (Å²) >= 11 is 0. The molecule has 2 aromatic rings. The summed E-state index contributed by atoms with van der Waals surface area (Å²) < 4.78 is 85.4. The van der Waals surface area contributed by atoms with Crippen LogP contribution in [0.5, 0.6) is 0 Å². The Morgan fingerprint density at radius 1 is 0.390 bits per heavy atom. The number of hydrogen-bond donors (Lipinski definition) is 0. The Hall–Kier alpha value is -2.12. The molecular weight excluding hydrogens is 764 g/mol. The molecule has 6 aliphatic heterocycles. The fraction of sp³-hybridized carbons (Fsp3) is 0.733. The summed E-state index contributed by atoms with van der Waals surface area (Å²) in [6.07, 6.45) is 5.24. The summed E-state index contributed by atoms with van der Waals surface area (Å²) in [4.78, 5) is 0. The van der Waals surface area contributed by atoms with Crippen LogP contribution in [-0.4, -0.2) is 141 Å². The van der Waals surface area contributed by atoms with Gasteiger partial charge in [-0.1, -0.05) is 92.8 Å². The third-order valence-electron chi connectivity index (χ3n) is 12.5. The van der Waals surface area contributed by atoms with E-state index in [0.717, 1.165) is 56.1 Å². The van der Waals surface area contributed by atoms with Crippen LogP contribution in [0.25, 0.3) is 0 Å². The highest BCUT2D eigenvalue weighted by molar-refractivity contribution is 5.16. The van der Waals surface area contributed by atoms with Crippen molar-refractivity contribution < 1.29 is 66.3 Å². The first-order chi connectivity index (χ1) is 29.2. The largest absolute Gasteiger partial charge is 0.382 e. The number of ether oxygens (including phenoxy) is 14. The monoisotopic (exact) mass is 828 g/mol. The number of hydrogen-bond acceptors (Lipinski definition) is 14. The summed E-state index contributed by atoms with van der Waals surface area (Å²) in [6, 6.07) is 20.5. The minimum atomic E-state index is -0.696. The zero-order valence-corrected chi connectivity index (χ0v) is 34.6. The van der Waals surface area contributed by atoms with Crippen LogP contribution in [-0.2, 0) is 79.5 Å². The summed E-state index contributed by atoms with van der Waals surface area (Å²) in [5, 5.41) is 0. The van der Waals surface area contributed by atoms with Gasteiger partial charge in [0.2, 0.25) is 0 Å². The van der Waals surface area contributed by atoms with Crippen molar-refractivity contribution in [3.8, 4) is 0 Å². The van der Waals surface area contributed by atoms with Crippen LogP contribution in [0.4, 0.5) is 0 Å². The molecule has 2 aliphatic carbocycles. The van der Waals surface area contributed by atoms with Gasteiger partial charge in [0.25, 0.3) is 13.0 Å². The van der Waals surface area contributed by atoms with Crippen LogP contribution in [0, 0.1) is 11.8 Å². The van der Waals surface area contributed by atoms with E-state index in [4.69, 9.17) is 66.3 Å². The fourth-order valence-electron chi connectivity index (χ4n) is 9.67. The lowest BCUT2D eigenvalue weighted by Gasteiger charge is -2.59. The average molecular weight is 829 g/mol. The molecule has 14 heteroatoms. The maximum atomic E-state index is 6.62. The van der Waals surface area contributed by atoms with Gasteiger partial charge in [-0.25, -0.2) is 0 Å². The van der Waals surface area contributed by atoms with Crippen molar-refractivity contribution in [2.24, 2.45) is 11.8 Å². The number of methoxy groups -OCH3 is 2. The molecule has 0 amide bonds. The van der Waals surface area contributed by atoms with Crippen LogP contribution in [0.3, 0.4) is 0 Å². The smallest absolute Gasteiger partial charge is 0.272 e. The lowest BCUT2D eigenvalue weighted by Crippen LogP contribution is -2.74. The maximum absolute atomic E-state index is 6.62. The molecular formula is C45H64O14. The molecule has 0 N–H and O–H groups in total. The van der Waals surface area contributed by atoms with E-state index >= 15 is 0 Å². The average Bonchev–Trinajstić information content (AvgIpc) is 3.26. The van der Waals surface area contributed by atoms with Gasteiger partial charge in [-0.3, -0.25) is 0 Å². The highest BCUT2D eigenvalue weighted by Crippen LogP contribution is 2.49. The fourth-order valence-corrected chi connectivity index (χ4v) is 9.67. The van der Waals surface area contributed by atoms with E-state index < -0.39 is 13.0 Å². The highest BCUT2D eigenvalue weighted by Gasteiger charge is 2.64. The van der Waals surface area contributed by atoms with Crippen molar-refractivity contribution in [2.75, 3.05) is 67.1 Å². The number of rotatable bonds is 28. The van der Waals surface area contributed by atoms with Gasteiger partial charge in [0.1, 0.15) is 36.6 Å². The van der Waals surface area contributed by atoms with Crippen LogP contribution < -0.4 is 0 Å². The molecule has 8 unspecified atom stereocenters. The zero-order chi connectivity index (χ0) is 40.2. The molecule has 6 heterocycles. The van der Waals surface area contributed by atoms with E-state index in [1.54, 1.807) is 14.2 Å². The van der Waals surface area contributed by atoms with Crippen molar-refractivity contribution in [2.45, 2.75) is 132 Å². The normalized spacial score (nSPS) is 35.2. The van der Waals surface area contributed by atoms with E-state index in [9.17, 15) is 0 Å². The van der Waals surface area contributed by atoms with Crippen LogP contribution in [0.1, 0.15) is 56.1 Å². The van der Waals surface area contributed by atoms with Crippen molar-refractivity contribution >= 4 is 0 Å². The minimum Gasteiger partial charge on any atom is -0.382 e. The van der Waals surface area contributed by atoms with Gasteiger partial charge in [0.15, 0.2) is 0 Å². The Kier molecular flexibility index (Phi) is 16.4. The summed E-state index contributed by atoms with van der Waals surface area (Å²) in [6.45, 7) is 3.50. The molecule has 2 aromatic carbocycles. The van der Waals surface area contributed by atoms with Gasteiger partial charge >= 0.3 is 0 Å². The predicted octanol–water partition coefficient (Wildman–Crippen LogP) is 5.18. The number of unbranched alkanes of at least 4 members (excludes halogenated alkanes) is 4. The van der Waals surface area contributed by atoms with Gasteiger partial charge in [-0.15, -0.1) is 0 Å². The van der Waals surface area contributed by atoms with Gasteiger partial charge < -0.3 is 66.3 Å². The minimum absolute atomic E-state index is 0.113. The summed E-state index contributed by atoms with van der Waals surface area (Å²) in [5.41, 5.74) is 2.24. The maximum Gasteiger partial charge on any atom is 0.272 e. The Labute approximate surface area is 348 Å². The Morgan fingerprint density at radius 3 is 1.15 bits per heavy atom. The second kappa shape index (κ2) is 22.3. The lowest BCUT2D eigenvalue weighted by molar-refractivity contribution is -0.483. The topological polar surface area (TPSA) is 129 Å². The summed E-state index contributed by atoms with van der Waals surface area (Å²) in [7, 11) is 3.33. The standard InChI is InChI=1S/C45H64O14/c1-46-20-22-48-24-26-50-38-34-32(35-39(42(38)58-44(54-34)55-35)51-27-25-49-23-21-47-2)18-12-4-3-5-13-19-33-36-40(52-28-30-14-8-6-9-15-30)43-41(37(33)57-45(56-36)59-43)53-29-31-16-10-7-11-17-31/h6-11,14-17,32-45H,3-5,12-13,18-29H2,1-2H3/t32-,33-,34-,35?,36-,37?,38?,39?,40?,41?,42+,43+,44?,45?/m0/s1. The predicted molar refractivity (Wildman–Crippen MR) is 211 cm³/mol. The van der Waals surface area contributed by atoms with E-state index in [1.807, 2.05) is 36.4 Å². The van der Waals surface area contributed by atoms with E-state index in [1.165, 1.54) is 0 Å². The van der Waals surface area contributed by atoms with Crippen molar-refractivity contribution in [1.29, 1.82) is 0 Å². The molecule has 0 radical (unpaired) electrons. The Bertz CT molecular complexity index is 1390. The molecule has 14 atom stereocenters. The van der Waals surface area contributed by atoms with Crippen molar-refractivity contribution in [3.63, 3.8) is 0 Å². The molecule has 10 rings (SSSR count). The number of benzene rings is 2. The molecule has 59 heavy (non-hydrogen) atoms. The second-order valence-electron chi connectivity index (χ2n) is 16.3. The van der Waals surface area contributed by atoms with Crippen LogP contribution >= 0.6 is 0 Å². The highest BCUT2D eigenvalue weighted by atomic mass is 16.9. The van der Waals surface area contributed by atoms with Crippen LogP contribution in [0.2, 0.25) is 0 Å². The first-order valence-corrected chi connectivity index (χ1v) is 21.8. The second-order valence-corrected chi connectivity index (χ2v) is 16.3. The summed E-state index contributed by atoms with van der Waals surface area (Å²) in [5.74, 6) is 0.262. The first kappa shape index (κ1) is 43.5. The van der Waals surface area contributed by atoms with E-state index in [2.05, 4.69) is 24.3 Å². The Balaban J connectivity index is 0.834. The van der Waals surface area contributed by atoms with Gasteiger partial charge in [-0.05, 0) is 24.0 Å². The molecule has 2 saturated carbocycles. The molecule has 0 spiro atoms. The quantitative estimate of drug-likeness (QED) is 0.105. The zero-order valence-electron chi connectivity index (χ0n) is 34.6. The lowest BCUT2D eigenvalue weighted by atomic mass is 9.73. The Morgan fingerprint density at radius 2 is 0.746 bits per heavy atom. The molecule has 8 aliphatic rings. The molecule has 6 saturated heterocycles.